The van der Waals surface area contributed by atoms with Gasteiger partial charge < -0.3 is 18.0 Å². The molecule has 46 heavy (non-hydrogen) atoms. The minimum Gasteiger partial charge on any atom is -0.455 e. The zero-order valence-electron chi connectivity index (χ0n) is 24.6. The maximum Gasteiger partial charge on any atom is 0.159 e. The fraction of sp³-hybridized carbons (Fsp3) is 0. The molecule has 11 aromatic rings. The van der Waals surface area contributed by atoms with Crippen LogP contribution >= 0.6 is 0 Å². The largest absolute Gasteiger partial charge is 0.455 e. The Balaban J connectivity index is 1.18. The second-order valence-electron chi connectivity index (χ2n) is 12.1. The first kappa shape index (κ1) is 24.1. The highest BCUT2D eigenvalue weighted by Crippen LogP contribution is 2.43. The van der Waals surface area contributed by atoms with Crippen LogP contribution in [0.3, 0.4) is 0 Å². The van der Waals surface area contributed by atoms with Crippen molar-refractivity contribution < 1.29 is 8.83 Å². The van der Waals surface area contributed by atoms with Crippen molar-refractivity contribution in [2.24, 2.45) is 0 Å². The van der Waals surface area contributed by atoms with E-state index in [1.54, 1.807) is 0 Å². The van der Waals surface area contributed by atoms with E-state index < -0.39 is 0 Å². The van der Waals surface area contributed by atoms with Crippen LogP contribution in [0.25, 0.3) is 98.9 Å². The molecule has 0 unspecified atom stereocenters. The van der Waals surface area contributed by atoms with Gasteiger partial charge in [0.1, 0.15) is 16.7 Å². The molecule has 0 atom stereocenters. The monoisotopic (exact) mass is 588 g/mol. The van der Waals surface area contributed by atoms with E-state index in [0.29, 0.717) is 0 Å². The zero-order valence-corrected chi connectivity index (χ0v) is 24.6. The second-order valence-corrected chi connectivity index (χ2v) is 12.1. The number of nitrogens with zero attached hydrogens (tertiary/aromatic N) is 2. The fourth-order valence-corrected chi connectivity index (χ4v) is 7.79. The van der Waals surface area contributed by atoms with Gasteiger partial charge in [0.2, 0.25) is 0 Å². The Labute approximate surface area is 261 Å². The van der Waals surface area contributed by atoms with Crippen molar-refractivity contribution in [3.8, 4) is 11.4 Å². The third-order valence-corrected chi connectivity index (χ3v) is 9.72. The molecule has 0 N–H and O–H groups in total. The summed E-state index contributed by atoms with van der Waals surface area (Å²) in [6, 6.07) is 51.6. The van der Waals surface area contributed by atoms with Gasteiger partial charge in [-0.15, -0.1) is 0 Å². The minimum atomic E-state index is 0.817. The molecule has 0 aliphatic heterocycles. The molecule has 0 radical (unpaired) electrons. The van der Waals surface area contributed by atoms with Crippen molar-refractivity contribution in [2.45, 2.75) is 0 Å². The first-order valence-electron chi connectivity index (χ1n) is 15.6. The van der Waals surface area contributed by atoms with Crippen molar-refractivity contribution in [3.63, 3.8) is 0 Å². The Morgan fingerprint density at radius 1 is 0.348 bits per heavy atom. The third kappa shape index (κ3) is 3.03. The van der Waals surface area contributed by atoms with Gasteiger partial charge >= 0.3 is 0 Å². The summed E-state index contributed by atoms with van der Waals surface area (Å²) in [6.45, 7) is 0. The van der Waals surface area contributed by atoms with Crippen LogP contribution in [0.1, 0.15) is 0 Å². The van der Waals surface area contributed by atoms with Crippen LogP contribution in [-0.4, -0.2) is 9.13 Å². The van der Waals surface area contributed by atoms with E-state index >= 15 is 0 Å². The highest BCUT2D eigenvalue weighted by atomic mass is 16.3. The molecule has 4 aromatic heterocycles. The molecule has 0 aliphatic rings. The normalized spacial score (nSPS) is 12.3. The molecule has 0 bridgehead atoms. The molecule has 0 amide bonds. The number of para-hydroxylation sites is 5. The maximum absolute atomic E-state index is 6.70. The minimum absolute atomic E-state index is 0.817. The lowest BCUT2D eigenvalue weighted by Gasteiger charge is -2.08. The van der Waals surface area contributed by atoms with E-state index in [2.05, 4.69) is 155 Å². The summed E-state index contributed by atoms with van der Waals surface area (Å²) >= 11 is 0. The number of fused-ring (bicyclic) bond motifs is 13. The molecular weight excluding hydrogens is 564 g/mol. The summed E-state index contributed by atoms with van der Waals surface area (Å²) in [4.78, 5) is 0. The van der Waals surface area contributed by atoms with E-state index in [-0.39, 0.29) is 0 Å². The summed E-state index contributed by atoms with van der Waals surface area (Å²) in [7, 11) is 0. The van der Waals surface area contributed by atoms with Gasteiger partial charge in [-0.25, -0.2) is 0 Å². The second kappa shape index (κ2) is 8.68. The van der Waals surface area contributed by atoms with E-state index in [1.165, 1.54) is 32.6 Å². The summed E-state index contributed by atoms with van der Waals surface area (Å²) in [6.07, 6.45) is 0. The summed E-state index contributed by atoms with van der Waals surface area (Å²) in [5, 5.41) is 9.17. The Morgan fingerprint density at radius 2 is 0.870 bits per heavy atom. The van der Waals surface area contributed by atoms with E-state index in [4.69, 9.17) is 8.83 Å². The molecule has 4 heterocycles. The molecule has 0 saturated carbocycles. The standard InChI is InChI=1S/C42H24N2O2/c1-5-15-33-26(10-1)27-11-2-6-16-34(27)43(33)25-20-22-38-32(24-25)30-21-23-39-40(42(30)45-38)31-14-9-19-37(41(31)46-39)44-35-17-7-3-12-28(35)29-13-4-8-18-36(29)44/h1-24H. The molecule has 0 aliphatic carbocycles. The highest BCUT2D eigenvalue weighted by molar-refractivity contribution is 6.23. The number of hydrogen-bond acceptors (Lipinski definition) is 2. The van der Waals surface area contributed by atoms with Crippen molar-refractivity contribution in [1.29, 1.82) is 0 Å². The van der Waals surface area contributed by atoms with E-state index in [9.17, 15) is 0 Å². The molecule has 7 aromatic carbocycles. The van der Waals surface area contributed by atoms with Gasteiger partial charge in [-0.05, 0) is 60.7 Å². The number of hydrogen-bond donors (Lipinski definition) is 0. The first-order chi connectivity index (χ1) is 22.8. The van der Waals surface area contributed by atoms with Gasteiger partial charge in [-0.3, -0.25) is 0 Å². The van der Waals surface area contributed by atoms with Crippen LogP contribution in [0.4, 0.5) is 0 Å². The van der Waals surface area contributed by atoms with Gasteiger partial charge in [0.05, 0.1) is 33.1 Å². The average molecular weight is 589 g/mol. The third-order valence-electron chi connectivity index (χ3n) is 9.72. The molecule has 0 spiro atoms. The maximum atomic E-state index is 6.70. The van der Waals surface area contributed by atoms with Crippen molar-refractivity contribution in [1.82, 2.24) is 9.13 Å². The quantitative estimate of drug-likeness (QED) is 0.201. The molecule has 0 saturated heterocycles. The summed E-state index contributed by atoms with van der Waals surface area (Å²) in [5.41, 5.74) is 10.2. The van der Waals surface area contributed by atoms with Crippen LogP contribution in [0.15, 0.2) is 154 Å². The van der Waals surface area contributed by atoms with Crippen LogP contribution in [0, 0.1) is 0 Å². The summed E-state index contributed by atoms with van der Waals surface area (Å²) in [5.74, 6) is 0. The summed E-state index contributed by atoms with van der Waals surface area (Å²) < 4.78 is 18.1. The van der Waals surface area contributed by atoms with Gasteiger partial charge in [0.15, 0.2) is 5.58 Å². The SMILES string of the molecule is c1cc(-n2c3ccccc3c3ccccc32)c2oc3ccc4c5cc(-n6c7ccccc7c7ccccc76)ccc5oc4c3c2c1. The van der Waals surface area contributed by atoms with E-state index in [1.807, 2.05) is 0 Å². The van der Waals surface area contributed by atoms with Gasteiger partial charge in [-0.2, -0.15) is 0 Å². The highest BCUT2D eigenvalue weighted by Gasteiger charge is 2.21. The zero-order chi connectivity index (χ0) is 29.9. The van der Waals surface area contributed by atoms with Crippen molar-refractivity contribution in [3.05, 3.63) is 146 Å². The number of rotatable bonds is 2. The lowest BCUT2D eigenvalue weighted by Crippen LogP contribution is -1.93. The van der Waals surface area contributed by atoms with Gasteiger partial charge in [0, 0.05) is 43.4 Å². The lowest BCUT2D eigenvalue weighted by molar-refractivity contribution is 0.661. The molecule has 4 nitrogen and oxygen atoms in total. The van der Waals surface area contributed by atoms with Crippen LogP contribution in [-0.2, 0) is 0 Å². The van der Waals surface area contributed by atoms with Gasteiger partial charge in [0.25, 0.3) is 0 Å². The molecule has 11 rings (SSSR count). The van der Waals surface area contributed by atoms with Crippen LogP contribution in [0.5, 0.6) is 0 Å². The number of benzene rings is 7. The molecule has 4 heteroatoms. The Bertz CT molecular complexity index is 2930. The van der Waals surface area contributed by atoms with Crippen LogP contribution < -0.4 is 0 Å². The fourth-order valence-electron chi connectivity index (χ4n) is 7.79. The molecular formula is C42H24N2O2. The van der Waals surface area contributed by atoms with Gasteiger partial charge in [-0.1, -0.05) is 84.9 Å². The first-order valence-corrected chi connectivity index (χ1v) is 15.6. The predicted molar refractivity (Wildman–Crippen MR) is 190 cm³/mol. The topological polar surface area (TPSA) is 36.1 Å². The van der Waals surface area contributed by atoms with Crippen LogP contribution in [0.2, 0.25) is 0 Å². The predicted octanol–water partition coefficient (Wildman–Crippen LogP) is 11.7. The average Bonchev–Trinajstić information content (AvgIpc) is 3.85. The number of furan rings is 2. The van der Waals surface area contributed by atoms with E-state index in [0.717, 1.165) is 66.3 Å². The number of aromatic nitrogens is 2. The Morgan fingerprint density at radius 3 is 1.50 bits per heavy atom. The Hall–Kier alpha value is -6.26. The van der Waals surface area contributed by atoms with Crippen molar-refractivity contribution in [2.75, 3.05) is 0 Å². The lowest BCUT2D eigenvalue weighted by atomic mass is 10.1. The Kier molecular flexibility index (Phi) is 4.55. The molecule has 214 valence electrons. The molecule has 0 fully saturated rings. The van der Waals surface area contributed by atoms with Crippen molar-refractivity contribution >= 4 is 87.5 Å². The smallest absolute Gasteiger partial charge is 0.159 e.